The van der Waals surface area contributed by atoms with E-state index >= 15 is 0 Å². The average molecular weight is 495 g/mol. The number of benzene rings is 2. The van der Waals surface area contributed by atoms with Crippen LogP contribution in [0.1, 0.15) is 10.4 Å². The average Bonchev–Trinajstić information content (AvgIpc) is 3.15. The molecule has 0 saturated heterocycles. The summed E-state index contributed by atoms with van der Waals surface area (Å²) in [5.74, 6) is -0.220. The Kier molecular flexibility index (Phi) is 6.45. The van der Waals surface area contributed by atoms with Crippen LogP contribution in [-0.4, -0.2) is 34.9 Å². The zero-order valence-corrected chi connectivity index (χ0v) is 17.1. The van der Waals surface area contributed by atoms with Gasteiger partial charge in [0.15, 0.2) is 0 Å². The molecule has 3 aromatic rings. The van der Waals surface area contributed by atoms with Gasteiger partial charge in [0.05, 0.1) is 18.4 Å². The third kappa shape index (κ3) is 5.30. The summed E-state index contributed by atoms with van der Waals surface area (Å²) in [5, 5.41) is 11.0. The van der Waals surface area contributed by atoms with Crippen LogP contribution in [-0.2, 0) is 9.53 Å². The molecular formula is C18H14IN3O4S. The van der Waals surface area contributed by atoms with E-state index in [1.807, 2.05) is 24.3 Å². The highest BCUT2D eigenvalue weighted by molar-refractivity contribution is 14.1. The molecule has 27 heavy (non-hydrogen) atoms. The maximum absolute atomic E-state index is 12.1. The van der Waals surface area contributed by atoms with Gasteiger partial charge in [-0.1, -0.05) is 17.8 Å². The topological polar surface area (TPSA) is 94.3 Å². The second-order valence-corrected chi connectivity index (χ2v) is 7.46. The number of hydrogen-bond donors (Lipinski definition) is 1. The van der Waals surface area contributed by atoms with E-state index in [0.717, 1.165) is 20.9 Å². The van der Waals surface area contributed by atoms with Gasteiger partial charge in [0.25, 0.3) is 5.22 Å². The lowest BCUT2D eigenvalue weighted by Gasteiger charge is -2.05. The number of hydrogen-bond acceptors (Lipinski definition) is 7. The predicted molar refractivity (Wildman–Crippen MR) is 110 cm³/mol. The van der Waals surface area contributed by atoms with Crippen molar-refractivity contribution < 1.29 is 18.7 Å². The quantitative estimate of drug-likeness (QED) is 0.315. The minimum absolute atomic E-state index is 0.0940. The van der Waals surface area contributed by atoms with Crippen molar-refractivity contribution in [2.24, 2.45) is 0 Å². The number of nitrogens with one attached hydrogen (secondary N) is 1. The van der Waals surface area contributed by atoms with Crippen LogP contribution in [0.4, 0.5) is 5.69 Å². The fourth-order valence-corrected chi connectivity index (χ4v) is 3.07. The number of ether oxygens (including phenoxy) is 1. The van der Waals surface area contributed by atoms with Gasteiger partial charge in [-0.05, 0) is 65.1 Å². The van der Waals surface area contributed by atoms with Gasteiger partial charge in [-0.3, -0.25) is 4.79 Å². The van der Waals surface area contributed by atoms with E-state index < -0.39 is 5.97 Å². The summed E-state index contributed by atoms with van der Waals surface area (Å²) < 4.78 is 11.3. The van der Waals surface area contributed by atoms with Crippen LogP contribution in [0, 0.1) is 3.57 Å². The molecule has 1 amide bonds. The molecule has 0 saturated carbocycles. The van der Waals surface area contributed by atoms with Crippen molar-refractivity contribution >= 4 is 51.9 Å². The summed E-state index contributed by atoms with van der Waals surface area (Å²) in [4.78, 5) is 23.6. The van der Waals surface area contributed by atoms with Gasteiger partial charge in [0, 0.05) is 14.8 Å². The number of aromatic nitrogens is 2. The fraction of sp³-hybridized carbons (Fsp3) is 0.111. The summed E-state index contributed by atoms with van der Waals surface area (Å²) in [6.45, 7) is 0. The van der Waals surface area contributed by atoms with Crippen LogP contribution < -0.4 is 5.32 Å². The zero-order valence-electron chi connectivity index (χ0n) is 14.1. The number of esters is 1. The minimum Gasteiger partial charge on any atom is -0.465 e. The lowest BCUT2D eigenvalue weighted by Crippen LogP contribution is -2.14. The van der Waals surface area contributed by atoms with Crippen LogP contribution in [0.3, 0.4) is 0 Å². The maximum Gasteiger partial charge on any atom is 0.337 e. The van der Waals surface area contributed by atoms with Crippen molar-refractivity contribution in [2.75, 3.05) is 18.2 Å². The van der Waals surface area contributed by atoms with Crippen molar-refractivity contribution in [1.29, 1.82) is 0 Å². The molecule has 0 radical (unpaired) electrons. The lowest BCUT2D eigenvalue weighted by molar-refractivity contribution is -0.113. The third-order valence-corrected chi connectivity index (χ3v) is 4.93. The normalized spacial score (nSPS) is 10.4. The van der Waals surface area contributed by atoms with E-state index in [4.69, 9.17) is 4.42 Å². The monoisotopic (exact) mass is 495 g/mol. The highest BCUT2D eigenvalue weighted by Crippen LogP contribution is 2.24. The molecule has 1 N–H and O–H groups in total. The van der Waals surface area contributed by atoms with E-state index in [1.165, 1.54) is 7.11 Å². The molecule has 138 valence electrons. The first-order valence-corrected chi connectivity index (χ1v) is 9.82. The van der Waals surface area contributed by atoms with Gasteiger partial charge in [-0.2, -0.15) is 0 Å². The molecule has 3 rings (SSSR count). The molecule has 0 aliphatic rings. The van der Waals surface area contributed by atoms with Crippen molar-refractivity contribution in [3.05, 3.63) is 57.7 Å². The smallest absolute Gasteiger partial charge is 0.337 e. The van der Waals surface area contributed by atoms with Crippen LogP contribution >= 0.6 is 34.4 Å². The number of anilines is 1. The second kappa shape index (κ2) is 9.00. The molecular weight excluding hydrogens is 481 g/mol. The molecule has 9 heteroatoms. The Morgan fingerprint density at radius 3 is 2.70 bits per heavy atom. The summed E-state index contributed by atoms with van der Waals surface area (Å²) in [7, 11) is 1.30. The van der Waals surface area contributed by atoms with E-state index in [2.05, 4.69) is 42.8 Å². The van der Waals surface area contributed by atoms with Crippen LogP contribution in [0.5, 0.6) is 0 Å². The predicted octanol–water partition coefficient (Wildman–Crippen LogP) is 3.86. The highest BCUT2D eigenvalue weighted by atomic mass is 127. The van der Waals surface area contributed by atoms with Gasteiger partial charge < -0.3 is 14.5 Å². The Hall–Kier alpha value is -2.40. The van der Waals surface area contributed by atoms with Crippen molar-refractivity contribution in [2.45, 2.75) is 5.22 Å². The van der Waals surface area contributed by atoms with Crippen LogP contribution in [0.2, 0.25) is 0 Å². The lowest BCUT2D eigenvalue weighted by atomic mass is 10.2. The standard InChI is InChI=1S/C18H14IN3O4S/c1-25-17(24)12-3-2-4-14(9-12)20-15(23)10-27-18-22-21-16(26-18)11-5-7-13(19)8-6-11/h2-9H,10H2,1H3,(H,20,23). The molecule has 0 fully saturated rings. The fourth-order valence-electron chi connectivity index (χ4n) is 2.14. The Morgan fingerprint density at radius 1 is 1.19 bits per heavy atom. The van der Waals surface area contributed by atoms with E-state index in [9.17, 15) is 9.59 Å². The second-order valence-electron chi connectivity index (χ2n) is 5.29. The van der Waals surface area contributed by atoms with Crippen molar-refractivity contribution in [3.63, 3.8) is 0 Å². The van der Waals surface area contributed by atoms with E-state index in [-0.39, 0.29) is 11.7 Å². The summed E-state index contributed by atoms with van der Waals surface area (Å²) in [6.07, 6.45) is 0. The third-order valence-electron chi connectivity index (χ3n) is 3.39. The van der Waals surface area contributed by atoms with Gasteiger partial charge in [0.2, 0.25) is 11.8 Å². The minimum atomic E-state index is -0.463. The number of thioether (sulfide) groups is 1. The first kappa shape index (κ1) is 19.4. The Bertz CT molecular complexity index is 959. The number of methoxy groups -OCH3 is 1. The molecule has 0 spiro atoms. The molecule has 0 atom stereocenters. The maximum atomic E-state index is 12.1. The molecule has 0 aliphatic heterocycles. The first-order valence-electron chi connectivity index (χ1n) is 7.75. The molecule has 2 aromatic carbocycles. The van der Waals surface area contributed by atoms with E-state index in [1.54, 1.807) is 24.3 Å². The van der Waals surface area contributed by atoms with Gasteiger partial charge in [-0.25, -0.2) is 4.79 Å². The largest absolute Gasteiger partial charge is 0.465 e. The van der Waals surface area contributed by atoms with Crippen LogP contribution in [0.15, 0.2) is 58.2 Å². The van der Waals surface area contributed by atoms with Crippen LogP contribution in [0.25, 0.3) is 11.5 Å². The number of nitrogens with zero attached hydrogens (tertiary/aromatic N) is 2. The molecule has 7 nitrogen and oxygen atoms in total. The SMILES string of the molecule is COC(=O)c1cccc(NC(=O)CSc2nnc(-c3ccc(I)cc3)o2)c1. The highest BCUT2D eigenvalue weighted by Gasteiger charge is 2.12. The number of halogens is 1. The summed E-state index contributed by atoms with van der Waals surface area (Å²) in [6, 6.07) is 14.2. The van der Waals surface area contributed by atoms with Gasteiger partial charge >= 0.3 is 5.97 Å². The Labute approximate surface area is 173 Å². The first-order chi connectivity index (χ1) is 13.0. The Morgan fingerprint density at radius 2 is 1.96 bits per heavy atom. The summed E-state index contributed by atoms with van der Waals surface area (Å²) in [5.41, 5.74) is 1.69. The zero-order chi connectivity index (χ0) is 19.2. The van der Waals surface area contributed by atoms with Gasteiger partial charge in [0.1, 0.15) is 0 Å². The Balaban J connectivity index is 1.57. The van der Waals surface area contributed by atoms with Crippen molar-refractivity contribution in [3.8, 4) is 11.5 Å². The molecule has 0 aliphatic carbocycles. The number of amides is 1. The summed E-state index contributed by atoms with van der Waals surface area (Å²) >= 11 is 3.35. The number of rotatable bonds is 6. The molecule has 1 aromatic heterocycles. The van der Waals surface area contributed by atoms with Gasteiger partial charge in [-0.15, -0.1) is 10.2 Å². The number of carbonyl (C=O) groups excluding carboxylic acids is 2. The van der Waals surface area contributed by atoms with E-state index in [0.29, 0.717) is 22.4 Å². The molecule has 0 bridgehead atoms. The molecule has 1 heterocycles. The molecule has 0 unspecified atom stereocenters. The van der Waals surface area contributed by atoms with Crippen molar-refractivity contribution in [1.82, 2.24) is 10.2 Å². The number of carbonyl (C=O) groups is 2.